The molecule has 1 aliphatic rings. The van der Waals surface area contributed by atoms with Crippen molar-refractivity contribution in [3.63, 3.8) is 0 Å². The zero-order valence-electron chi connectivity index (χ0n) is 13.9. The van der Waals surface area contributed by atoms with Crippen LogP contribution in [0, 0.1) is 0 Å². The van der Waals surface area contributed by atoms with Crippen molar-refractivity contribution in [1.82, 2.24) is 4.98 Å². The predicted molar refractivity (Wildman–Crippen MR) is 99.5 cm³/mol. The second kappa shape index (κ2) is 5.93. The van der Waals surface area contributed by atoms with Crippen LogP contribution in [0.4, 0.5) is 5.13 Å². The average Bonchev–Trinajstić information content (AvgIpc) is 3.19. The van der Waals surface area contributed by atoms with E-state index in [4.69, 9.17) is 0 Å². The Morgan fingerprint density at radius 1 is 1.04 bits per heavy atom. The summed E-state index contributed by atoms with van der Waals surface area (Å²) >= 11 is 1.46. The molecule has 2 aromatic carbocycles. The molecule has 1 aromatic heterocycles. The minimum absolute atomic E-state index is 0.0987. The van der Waals surface area contributed by atoms with Crippen LogP contribution in [0.1, 0.15) is 50.9 Å². The minimum Gasteiger partial charge on any atom is -0.298 e. The first-order chi connectivity index (χ1) is 12.1. The molecular formula is C20H16N2O2S. The summed E-state index contributed by atoms with van der Waals surface area (Å²) in [6.45, 7) is 4.16. The third-order valence-electron chi connectivity index (χ3n) is 4.31. The van der Waals surface area contributed by atoms with Crippen LogP contribution in [-0.4, -0.2) is 16.7 Å². The standard InChI is InChI=1S/C20H16N2O2S/c1-11(2)16-10-21-20(25-16)22-19(24)15-9-5-8-13-12-6-3-4-7-14(12)18(23)17(13)15/h3-11H,1-2H3,(H,21,22,24). The number of ketones is 1. The molecule has 3 aromatic rings. The Kier molecular flexibility index (Phi) is 3.73. The second-order valence-corrected chi connectivity index (χ2v) is 7.34. The average molecular weight is 348 g/mol. The monoisotopic (exact) mass is 348 g/mol. The van der Waals surface area contributed by atoms with E-state index in [0.717, 1.165) is 16.0 Å². The van der Waals surface area contributed by atoms with E-state index >= 15 is 0 Å². The summed E-state index contributed by atoms with van der Waals surface area (Å²) in [5, 5.41) is 3.38. The minimum atomic E-state index is -0.303. The lowest BCUT2D eigenvalue weighted by molar-refractivity contribution is 0.0998. The molecule has 25 heavy (non-hydrogen) atoms. The Morgan fingerprint density at radius 2 is 1.76 bits per heavy atom. The molecule has 0 aliphatic heterocycles. The van der Waals surface area contributed by atoms with Crippen molar-refractivity contribution in [2.45, 2.75) is 19.8 Å². The molecule has 0 fully saturated rings. The van der Waals surface area contributed by atoms with Gasteiger partial charge in [-0.25, -0.2) is 4.98 Å². The van der Waals surface area contributed by atoms with Gasteiger partial charge >= 0.3 is 0 Å². The van der Waals surface area contributed by atoms with Gasteiger partial charge < -0.3 is 0 Å². The lowest BCUT2D eigenvalue weighted by Gasteiger charge is -2.07. The second-order valence-electron chi connectivity index (χ2n) is 6.28. The van der Waals surface area contributed by atoms with Gasteiger partial charge in [0, 0.05) is 22.2 Å². The lowest BCUT2D eigenvalue weighted by atomic mass is 10.0. The first-order valence-electron chi connectivity index (χ1n) is 8.10. The quantitative estimate of drug-likeness (QED) is 0.582. The topological polar surface area (TPSA) is 59.1 Å². The van der Waals surface area contributed by atoms with E-state index in [0.29, 0.717) is 27.7 Å². The van der Waals surface area contributed by atoms with Crippen LogP contribution in [0.2, 0.25) is 0 Å². The molecule has 0 atom stereocenters. The molecule has 5 heteroatoms. The molecule has 0 bridgehead atoms. The van der Waals surface area contributed by atoms with E-state index in [-0.39, 0.29) is 11.7 Å². The molecule has 0 spiro atoms. The molecule has 0 saturated carbocycles. The number of benzene rings is 2. The molecule has 0 radical (unpaired) electrons. The summed E-state index contributed by atoms with van der Waals surface area (Å²) in [7, 11) is 0. The highest BCUT2D eigenvalue weighted by atomic mass is 32.1. The molecule has 1 aliphatic carbocycles. The summed E-state index contributed by atoms with van der Waals surface area (Å²) in [6.07, 6.45) is 1.78. The van der Waals surface area contributed by atoms with Crippen LogP contribution in [0.3, 0.4) is 0 Å². The van der Waals surface area contributed by atoms with Crippen LogP contribution >= 0.6 is 11.3 Å². The molecule has 1 N–H and O–H groups in total. The third kappa shape index (κ3) is 2.57. The number of thiazole rings is 1. The van der Waals surface area contributed by atoms with Crippen molar-refractivity contribution in [3.05, 3.63) is 70.2 Å². The lowest BCUT2D eigenvalue weighted by Crippen LogP contribution is -2.15. The van der Waals surface area contributed by atoms with Crippen LogP contribution in [0.5, 0.6) is 0 Å². The Hall–Kier alpha value is -2.79. The van der Waals surface area contributed by atoms with Crippen molar-refractivity contribution in [1.29, 1.82) is 0 Å². The number of aromatic nitrogens is 1. The van der Waals surface area contributed by atoms with E-state index < -0.39 is 0 Å². The van der Waals surface area contributed by atoms with Crippen molar-refractivity contribution < 1.29 is 9.59 Å². The first-order valence-corrected chi connectivity index (χ1v) is 8.92. The normalized spacial score (nSPS) is 12.2. The third-order valence-corrected chi connectivity index (χ3v) is 5.52. The largest absolute Gasteiger partial charge is 0.298 e. The molecule has 1 heterocycles. The van der Waals surface area contributed by atoms with Gasteiger partial charge in [0.05, 0.1) is 5.56 Å². The highest BCUT2D eigenvalue weighted by Crippen LogP contribution is 2.38. The summed E-state index contributed by atoms with van der Waals surface area (Å²) < 4.78 is 0. The number of amides is 1. The molecule has 0 unspecified atom stereocenters. The smallest absolute Gasteiger partial charge is 0.258 e. The molecule has 1 amide bonds. The van der Waals surface area contributed by atoms with E-state index in [1.807, 2.05) is 30.3 Å². The fraction of sp³-hybridized carbons (Fsp3) is 0.150. The molecule has 124 valence electrons. The molecule has 4 nitrogen and oxygen atoms in total. The van der Waals surface area contributed by atoms with Gasteiger partial charge in [-0.2, -0.15) is 0 Å². The summed E-state index contributed by atoms with van der Waals surface area (Å²) in [6, 6.07) is 12.8. The SMILES string of the molecule is CC(C)c1cnc(NC(=O)c2cccc3c2C(=O)c2ccccc2-3)s1. The number of hydrogen-bond acceptors (Lipinski definition) is 4. The van der Waals surface area contributed by atoms with Gasteiger partial charge in [-0.3, -0.25) is 14.9 Å². The van der Waals surface area contributed by atoms with Gasteiger partial charge in [0.2, 0.25) is 0 Å². The number of nitrogens with one attached hydrogen (secondary N) is 1. The van der Waals surface area contributed by atoms with Crippen LogP contribution in [0.25, 0.3) is 11.1 Å². The van der Waals surface area contributed by atoms with Gasteiger partial charge in [0.1, 0.15) is 0 Å². The molecule has 4 rings (SSSR count). The highest BCUT2D eigenvalue weighted by Gasteiger charge is 2.30. The maximum absolute atomic E-state index is 12.8. The van der Waals surface area contributed by atoms with Crippen molar-refractivity contribution in [2.75, 3.05) is 5.32 Å². The fourth-order valence-corrected chi connectivity index (χ4v) is 3.85. The highest BCUT2D eigenvalue weighted by molar-refractivity contribution is 7.15. The Bertz CT molecular complexity index is 1000. The van der Waals surface area contributed by atoms with E-state index in [1.165, 1.54) is 11.3 Å². The number of carbonyl (C=O) groups excluding carboxylic acids is 2. The van der Waals surface area contributed by atoms with Gasteiger partial charge in [-0.05, 0) is 23.1 Å². The number of rotatable bonds is 3. The van der Waals surface area contributed by atoms with E-state index in [9.17, 15) is 9.59 Å². The van der Waals surface area contributed by atoms with Crippen molar-refractivity contribution in [2.24, 2.45) is 0 Å². The van der Waals surface area contributed by atoms with Crippen molar-refractivity contribution in [3.8, 4) is 11.1 Å². The van der Waals surface area contributed by atoms with Gasteiger partial charge in [0.25, 0.3) is 5.91 Å². The summed E-state index contributed by atoms with van der Waals surface area (Å²) in [4.78, 5) is 30.9. The molecular weight excluding hydrogens is 332 g/mol. The van der Waals surface area contributed by atoms with Gasteiger partial charge in [-0.1, -0.05) is 50.2 Å². The van der Waals surface area contributed by atoms with E-state index in [2.05, 4.69) is 24.1 Å². The zero-order valence-corrected chi connectivity index (χ0v) is 14.7. The molecule has 0 saturated heterocycles. The zero-order chi connectivity index (χ0) is 17.6. The predicted octanol–water partition coefficient (Wildman–Crippen LogP) is 4.73. The maximum atomic E-state index is 12.8. The van der Waals surface area contributed by atoms with Crippen LogP contribution < -0.4 is 5.32 Å². The van der Waals surface area contributed by atoms with Crippen LogP contribution in [0.15, 0.2) is 48.7 Å². The maximum Gasteiger partial charge on any atom is 0.258 e. The first kappa shape index (κ1) is 15.7. The number of anilines is 1. The van der Waals surface area contributed by atoms with E-state index in [1.54, 1.807) is 18.3 Å². The summed E-state index contributed by atoms with van der Waals surface area (Å²) in [5.74, 6) is -0.0405. The Labute approximate surface area is 149 Å². The summed E-state index contributed by atoms with van der Waals surface area (Å²) in [5.41, 5.74) is 3.21. The number of nitrogens with zero attached hydrogens (tertiary/aromatic N) is 1. The fourth-order valence-electron chi connectivity index (χ4n) is 3.04. The Morgan fingerprint density at radius 3 is 2.48 bits per heavy atom. The van der Waals surface area contributed by atoms with Crippen molar-refractivity contribution >= 4 is 28.2 Å². The van der Waals surface area contributed by atoms with Crippen LogP contribution in [-0.2, 0) is 0 Å². The van der Waals surface area contributed by atoms with Gasteiger partial charge in [0.15, 0.2) is 10.9 Å². The van der Waals surface area contributed by atoms with Gasteiger partial charge in [-0.15, -0.1) is 11.3 Å². The number of carbonyl (C=O) groups is 2. The number of fused-ring (bicyclic) bond motifs is 3. The Balaban J connectivity index is 1.70. The number of hydrogen-bond donors (Lipinski definition) is 1.